The molecule has 0 radical (unpaired) electrons. The molecule has 1 aliphatic heterocycles. The highest BCUT2D eigenvalue weighted by molar-refractivity contribution is 5.93. The van der Waals surface area contributed by atoms with Gasteiger partial charge in [-0.05, 0) is 43.3 Å². The third-order valence-electron chi connectivity index (χ3n) is 5.89. The Bertz CT molecular complexity index is 1490. The smallest absolute Gasteiger partial charge is 0.416 e. The SMILES string of the molecule is Cc1cn(-c2ccc3n(c2=O)CCN(CCOc2ccnc4cc(C(F)(F)F)ccc24)C3=O)cn1. The molecule has 5 rings (SSSR count). The second-order valence-corrected chi connectivity index (χ2v) is 8.16. The molecule has 1 aliphatic rings. The number of hydrogen-bond acceptors (Lipinski definition) is 5. The standard InChI is InChI=1S/C24H20F3N5O3/c1-15-13-31(14-29-15)19-4-5-20-22(33)30(8-9-32(20)23(19)34)10-11-35-21-6-7-28-18-12-16(24(25,26)27)2-3-17(18)21/h2-7,12-14H,8-11H2,1H3. The average Bonchev–Trinajstić information content (AvgIpc) is 3.26. The molecule has 0 saturated carbocycles. The van der Waals surface area contributed by atoms with Crippen molar-refractivity contribution in [3.63, 3.8) is 0 Å². The van der Waals surface area contributed by atoms with Gasteiger partial charge in [0.05, 0.1) is 29.6 Å². The van der Waals surface area contributed by atoms with Crippen molar-refractivity contribution in [1.82, 2.24) is 24.0 Å². The molecule has 0 aliphatic carbocycles. The predicted octanol–water partition coefficient (Wildman–Crippen LogP) is 3.44. The highest BCUT2D eigenvalue weighted by Crippen LogP contribution is 2.33. The summed E-state index contributed by atoms with van der Waals surface area (Å²) < 4.78 is 47.8. The van der Waals surface area contributed by atoms with Gasteiger partial charge in [-0.15, -0.1) is 0 Å². The minimum absolute atomic E-state index is 0.127. The van der Waals surface area contributed by atoms with Gasteiger partial charge in [-0.3, -0.25) is 14.6 Å². The monoisotopic (exact) mass is 483 g/mol. The highest BCUT2D eigenvalue weighted by Gasteiger charge is 2.31. The van der Waals surface area contributed by atoms with Gasteiger partial charge in [0.15, 0.2) is 0 Å². The molecule has 0 N–H and O–H groups in total. The Hall–Kier alpha value is -4.15. The first-order valence-electron chi connectivity index (χ1n) is 10.9. The number of rotatable bonds is 5. The second kappa shape index (κ2) is 8.57. The van der Waals surface area contributed by atoms with Gasteiger partial charge in [-0.25, -0.2) is 4.98 Å². The number of carbonyl (C=O) groups excluding carboxylic acids is 1. The lowest BCUT2D eigenvalue weighted by Crippen LogP contribution is -2.46. The summed E-state index contributed by atoms with van der Waals surface area (Å²) in [7, 11) is 0. The topological polar surface area (TPSA) is 82.3 Å². The van der Waals surface area contributed by atoms with E-state index in [4.69, 9.17) is 4.74 Å². The number of aryl methyl sites for hydroxylation is 1. The van der Waals surface area contributed by atoms with Crippen molar-refractivity contribution in [2.75, 3.05) is 19.7 Å². The van der Waals surface area contributed by atoms with Gasteiger partial charge in [0.25, 0.3) is 11.5 Å². The minimum Gasteiger partial charge on any atom is -0.491 e. The molecule has 0 spiro atoms. The number of carbonyl (C=O) groups is 1. The van der Waals surface area contributed by atoms with Gasteiger partial charge in [0.1, 0.15) is 23.7 Å². The normalized spacial score (nSPS) is 13.8. The zero-order chi connectivity index (χ0) is 24.7. The van der Waals surface area contributed by atoms with E-state index in [0.29, 0.717) is 29.9 Å². The maximum absolute atomic E-state index is 13.0. The van der Waals surface area contributed by atoms with Crippen molar-refractivity contribution in [3.05, 3.63) is 82.4 Å². The Morgan fingerprint density at radius 3 is 2.63 bits per heavy atom. The van der Waals surface area contributed by atoms with Crippen LogP contribution >= 0.6 is 0 Å². The fourth-order valence-electron chi connectivity index (χ4n) is 4.11. The molecule has 0 unspecified atom stereocenters. The van der Waals surface area contributed by atoms with Gasteiger partial charge >= 0.3 is 6.18 Å². The molecule has 3 aromatic heterocycles. The lowest BCUT2D eigenvalue weighted by atomic mass is 10.1. The minimum atomic E-state index is -4.46. The van der Waals surface area contributed by atoms with Crippen LogP contribution in [0, 0.1) is 6.92 Å². The zero-order valence-corrected chi connectivity index (χ0v) is 18.6. The number of fused-ring (bicyclic) bond motifs is 2. The number of pyridine rings is 2. The van der Waals surface area contributed by atoms with Crippen LogP contribution in [0.3, 0.4) is 0 Å². The molecular weight excluding hydrogens is 463 g/mol. The Balaban J connectivity index is 1.29. The van der Waals surface area contributed by atoms with E-state index in [1.807, 2.05) is 6.92 Å². The molecule has 4 aromatic rings. The lowest BCUT2D eigenvalue weighted by molar-refractivity contribution is -0.137. The van der Waals surface area contributed by atoms with Crippen LogP contribution in [0.4, 0.5) is 13.2 Å². The summed E-state index contributed by atoms with van der Waals surface area (Å²) in [4.78, 5) is 35.6. The number of ether oxygens (including phenoxy) is 1. The number of amides is 1. The number of imidazole rings is 1. The fourth-order valence-corrected chi connectivity index (χ4v) is 4.11. The van der Waals surface area contributed by atoms with Crippen molar-refractivity contribution in [1.29, 1.82) is 0 Å². The number of aromatic nitrogens is 4. The number of nitrogens with zero attached hydrogens (tertiary/aromatic N) is 5. The molecular formula is C24H20F3N5O3. The first kappa shape index (κ1) is 22.6. The molecule has 8 nitrogen and oxygen atoms in total. The van der Waals surface area contributed by atoms with E-state index in [1.165, 1.54) is 16.8 Å². The van der Waals surface area contributed by atoms with E-state index in [-0.39, 0.29) is 35.8 Å². The quantitative estimate of drug-likeness (QED) is 0.434. The maximum atomic E-state index is 13.0. The molecule has 35 heavy (non-hydrogen) atoms. The molecule has 4 heterocycles. The van der Waals surface area contributed by atoms with Crippen molar-refractivity contribution in [2.24, 2.45) is 0 Å². The van der Waals surface area contributed by atoms with E-state index in [1.54, 1.807) is 40.2 Å². The van der Waals surface area contributed by atoms with Crippen molar-refractivity contribution in [3.8, 4) is 11.4 Å². The number of benzene rings is 1. The Kier molecular flexibility index (Phi) is 5.54. The van der Waals surface area contributed by atoms with Crippen LogP contribution in [-0.4, -0.2) is 49.6 Å². The van der Waals surface area contributed by atoms with E-state index >= 15 is 0 Å². The molecule has 180 valence electrons. The Morgan fingerprint density at radius 1 is 1.06 bits per heavy atom. The first-order valence-corrected chi connectivity index (χ1v) is 10.9. The van der Waals surface area contributed by atoms with Crippen LogP contribution < -0.4 is 10.3 Å². The maximum Gasteiger partial charge on any atom is 0.416 e. The summed E-state index contributed by atoms with van der Waals surface area (Å²) in [5.74, 6) is 0.0878. The van der Waals surface area contributed by atoms with Crippen LogP contribution in [0.1, 0.15) is 21.7 Å². The largest absolute Gasteiger partial charge is 0.491 e. The van der Waals surface area contributed by atoms with Gasteiger partial charge in [-0.1, -0.05) is 0 Å². The van der Waals surface area contributed by atoms with Gasteiger partial charge < -0.3 is 18.8 Å². The predicted molar refractivity (Wildman–Crippen MR) is 121 cm³/mol. The van der Waals surface area contributed by atoms with Crippen LogP contribution in [0.2, 0.25) is 0 Å². The number of alkyl halides is 3. The molecule has 1 aromatic carbocycles. The average molecular weight is 483 g/mol. The highest BCUT2D eigenvalue weighted by atomic mass is 19.4. The number of halogens is 3. The van der Waals surface area contributed by atoms with E-state index in [9.17, 15) is 22.8 Å². The van der Waals surface area contributed by atoms with E-state index < -0.39 is 11.7 Å². The summed E-state index contributed by atoms with van der Waals surface area (Å²) >= 11 is 0. The Labute approximate surface area is 197 Å². The Morgan fingerprint density at radius 2 is 1.89 bits per heavy atom. The molecule has 11 heteroatoms. The lowest BCUT2D eigenvalue weighted by Gasteiger charge is -2.29. The second-order valence-electron chi connectivity index (χ2n) is 8.16. The summed E-state index contributed by atoms with van der Waals surface area (Å²) in [6.07, 6.45) is 0.217. The summed E-state index contributed by atoms with van der Waals surface area (Å²) in [5, 5.41) is 0.449. The van der Waals surface area contributed by atoms with Crippen LogP contribution in [0.25, 0.3) is 16.6 Å². The third kappa shape index (κ3) is 4.25. The first-order chi connectivity index (χ1) is 16.7. The molecule has 0 saturated heterocycles. The fraction of sp³-hybridized carbons (Fsp3) is 0.250. The van der Waals surface area contributed by atoms with Gasteiger partial charge in [0, 0.05) is 30.9 Å². The zero-order valence-electron chi connectivity index (χ0n) is 18.6. The molecule has 0 fully saturated rings. The third-order valence-corrected chi connectivity index (χ3v) is 5.89. The molecule has 0 atom stereocenters. The van der Waals surface area contributed by atoms with E-state index in [0.717, 1.165) is 17.8 Å². The van der Waals surface area contributed by atoms with Crippen molar-refractivity contribution >= 4 is 16.8 Å². The summed E-state index contributed by atoms with van der Waals surface area (Å²) in [6, 6.07) is 8.08. The van der Waals surface area contributed by atoms with Crippen LogP contribution in [0.15, 0.2) is 59.9 Å². The molecule has 1 amide bonds. The van der Waals surface area contributed by atoms with Crippen molar-refractivity contribution in [2.45, 2.75) is 19.6 Å². The van der Waals surface area contributed by atoms with Gasteiger partial charge in [0.2, 0.25) is 0 Å². The van der Waals surface area contributed by atoms with Crippen LogP contribution in [0.5, 0.6) is 5.75 Å². The number of hydrogen-bond donors (Lipinski definition) is 0. The van der Waals surface area contributed by atoms with Gasteiger partial charge in [-0.2, -0.15) is 13.2 Å². The summed E-state index contributed by atoms with van der Waals surface area (Å²) in [6.45, 7) is 2.86. The summed E-state index contributed by atoms with van der Waals surface area (Å²) in [5.41, 5.74) is 0.591. The van der Waals surface area contributed by atoms with Crippen LogP contribution in [-0.2, 0) is 12.7 Å². The molecule has 0 bridgehead atoms. The van der Waals surface area contributed by atoms with E-state index in [2.05, 4.69) is 9.97 Å². The van der Waals surface area contributed by atoms with Crippen molar-refractivity contribution < 1.29 is 22.7 Å².